The highest BCUT2D eigenvalue weighted by Crippen LogP contribution is 2.21. The Bertz CT molecular complexity index is 741. The Hall–Kier alpha value is -1.72. The number of nitrogens with zero attached hydrogens (tertiary/aromatic N) is 5. The van der Waals surface area contributed by atoms with Gasteiger partial charge in [0.05, 0.1) is 25.8 Å². The van der Waals surface area contributed by atoms with Gasteiger partial charge < -0.3 is 15.4 Å². The molecule has 1 aliphatic rings. The van der Waals surface area contributed by atoms with Gasteiger partial charge in [-0.25, -0.2) is 4.98 Å². The number of benzene rings is 1. The van der Waals surface area contributed by atoms with Crippen LogP contribution in [0, 0.1) is 6.92 Å². The Morgan fingerprint density at radius 1 is 1.21 bits per heavy atom. The van der Waals surface area contributed by atoms with Crippen LogP contribution in [0.4, 0.5) is 0 Å². The summed E-state index contributed by atoms with van der Waals surface area (Å²) in [5.74, 6) is 1.62. The predicted octanol–water partition coefficient (Wildman–Crippen LogP) is 1.48. The van der Waals surface area contributed by atoms with Crippen molar-refractivity contribution in [2.75, 3.05) is 39.9 Å². The molecule has 0 radical (unpaired) electrons. The molecule has 8 nitrogen and oxygen atoms in total. The van der Waals surface area contributed by atoms with E-state index in [0.717, 1.165) is 44.6 Å². The number of hydrogen-bond acceptors (Lipinski definition) is 5. The second-order valence-electron chi connectivity index (χ2n) is 6.68. The summed E-state index contributed by atoms with van der Waals surface area (Å²) >= 11 is 0. The lowest BCUT2D eigenvalue weighted by Crippen LogP contribution is -2.46. The van der Waals surface area contributed by atoms with Crippen molar-refractivity contribution in [1.29, 1.82) is 0 Å². The zero-order chi connectivity index (χ0) is 19.1. The van der Waals surface area contributed by atoms with Crippen LogP contribution < -0.4 is 10.6 Å². The van der Waals surface area contributed by atoms with Crippen molar-refractivity contribution in [1.82, 2.24) is 30.3 Å². The van der Waals surface area contributed by atoms with E-state index in [1.807, 2.05) is 7.05 Å². The van der Waals surface area contributed by atoms with Crippen molar-refractivity contribution in [3.05, 3.63) is 47.5 Å². The molecule has 0 aliphatic carbocycles. The Morgan fingerprint density at radius 3 is 2.54 bits per heavy atom. The van der Waals surface area contributed by atoms with Crippen LogP contribution in [0.2, 0.25) is 0 Å². The number of nitrogens with one attached hydrogen (secondary N) is 2. The molecule has 2 heterocycles. The van der Waals surface area contributed by atoms with Gasteiger partial charge in [0.2, 0.25) is 0 Å². The molecule has 1 atom stereocenters. The zero-order valence-electron chi connectivity index (χ0n) is 16.8. The molecule has 0 bridgehead atoms. The van der Waals surface area contributed by atoms with Crippen LogP contribution in [0.1, 0.15) is 23.0 Å². The standard InChI is InChI=1S/C19H29N7O.HI/c1-15-4-6-16(7-5-15)17(26-8-10-27-11-9-26)12-21-19(20-2)22-13-18-23-14-24-25(18)3;/h4-7,14,17H,8-13H2,1-3H3,(H2,20,21,22);1H. The molecule has 154 valence electrons. The van der Waals surface area contributed by atoms with Gasteiger partial charge in [0.15, 0.2) is 5.96 Å². The summed E-state index contributed by atoms with van der Waals surface area (Å²) in [4.78, 5) is 11.0. The number of guanidine groups is 1. The highest BCUT2D eigenvalue weighted by molar-refractivity contribution is 14.0. The van der Waals surface area contributed by atoms with Gasteiger partial charge >= 0.3 is 0 Å². The van der Waals surface area contributed by atoms with E-state index in [4.69, 9.17) is 4.74 Å². The van der Waals surface area contributed by atoms with Gasteiger partial charge in [0.1, 0.15) is 12.2 Å². The number of hydrogen-bond donors (Lipinski definition) is 2. The second kappa shape index (κ2) is 11.3. The average Bonchev–Trinajstić information content (AvgIpc) is 3.11. The summed E-state index contributed by atoms with van der Waals surface area (Å²) in [6.45, 7) is 6.88. The molecule has 0 saturated carbocycles. The molecule has 1 fully saturated rings. The number of aromatic nitrogens is 3. The van der Waals surface area contributed by atoms with Gasteiger partial charge in [-0.1, -0.05) is 29.8 Å². The summed E-state index contributed by atoms with van der Waals surface area (Å²) in [6.07, 6.45) is 1.55. The van der Waals surface area contributed by atoms with E-state index in [-0.39, 0.29) is 30.0 Å². The van der Waals surface area contributed by atoms with E-state index in [2.05, 4.69) is 61.8 Å². The fourth-order valence-electron chi connectivity index (χ4n) is 3.19. The third-order valence-corrected chi connectivity index (χ3v) is 4.85. The summed E-state index contributed by atoms with van der Waals surface area (Å²) in [5.41, 5.74) is 2.58. The SMILES string of the molecule is CN=C(NCc1ncnn1C)NCC(c1ccc(C)cc1)N1CCOCC1.I. The minimum absolute atomic E-state index is 0. The summed E-state index contributed by atoms with van der Waals surface area (Å²) in [7, 11) is 3.66. The van der Waals surface area contributed by atoms with Crippen LogP contribution in [0.15, 0.2) is 35.6 Å². The van der Waals surface area contributed by atoms with Crippen molar-refractivity contribution in [2.24, 2.45) is 12.0 Å². The molecule has 0 spiro atoms. The Balaban J connectivity index is 0.00000280. The maximum atomic E-state index is 5.53. The first-order valence-electron chi connectivity index (χ1n) is 9.33. The Labute approximate surface area is 183 Å². The van der Waals surface area contributed by atoms with Crippen molar-refractivity contribution >= 4 is 29.9 Å². The van der Waals surface area contributed by atoms with Crippen LogP contribution in [-0.2, 0) is 18.3 Å². The maximum absolute atomic E-state index is 5.53. The fraction of sp³-hybridized carbons (Fsp3) is 0.526. The first-order chi connectivity index (χ1) is 13.2. The van der Waals surface area contributed by atoms with Crippen LogP contribution in [0.3, 0.4) is 0 Å². The highest BCUT2D eigenvalue weighted by atomic mass is 127. The van der Waals surface area contributed by atoms with E-state index in [0.29, 0.717) is 6.54 Å². The lowest BCUT2D eigenvalue weighted by Gasteiger charge is -2.35. The van der Waals surface area contributed by atoms with Crippen molar-refractivity contribution in [3.8, 4) is 0 Å². The van der Waals surface area contributed by atoms with Crippen molar-refractivity contribution < 1.29 is 4.74 Å². The Morgan fingerprint density at radius 2 is 1.93 bits per heavy atom. The average molecular weight is 499 g/mol. The molecule has 9 heteroatoms. The van der Waals surface area contributed by atoms with E-state index in [9.17, 15) is 0 Å². The lowest BCUT2D eigenvalue weighted by molar-refractivity contribution is 0.0170. The normalized spacial score (nSPS) is 16.3. The van der Waals surface area contributed by atoms with Crippen LogP contribution >= 0.6 is 24.0 Å². The predicted molar refractivity (Wildman–Crippen MR) is 121 cm³/mol. The van der Waals surface area contributed by atoms with Crippen LogP contribution in [-0.4, -0.2) is 65.5 Å². The third kappa shape index (κ3) is 6.14. The number of halogens is 1. The molecule has 1 unspecified atom stereocenters. The number of morpholine rings is 1. The smallest absolute Gasteiger partial charge is 0.191 e. The molecular weight excluding hydrogens is 469 g/mol. The summed E-state index contributed by atoms with van der Waals surface area (Å²) in [5, 5.41) is 10.9. The number of ether oxygens (including phenoxy) is 1. The first kappa shape index (κ1) is 22.6. The van der Waals surface area contributed by atoms with E-state index < -0.39 is 0 Å². The van der Waals surface area contributed by atoms with Crippen LogP contribution in [0.5, 0.6) is 0 Å². The quantitative estimate of drug-likeness (QED) is 0.356. The molecule has 1 aliphatic heterocycles. The van der Waals surface area contributed by atoms with Gasteiger partial charge in [-0.15, -0.1) is 24.0 Å². The van der Waals surface area contributed by atoms with Crippen molar-refractivity contribution in [3.63, 3.8) is 0 Å². The number of aryl methyl sites for hydroxylation is 2. The van der Waals surface area contributed by atoms with Crippen LogP contribution in [0.25, 0.3) is 0 Å². The molecular formula is C19H30IN7O. The zero-order valence-corrected chi connectivity index (χ0v) is 19.1. The molecule has 2 aromatic rings. The second-order valence-corrected chi connectivity index (χ2v) is 6.68. The van der Waals surface area contributed by atoms with Gasteiger partial charge in [0.25, 0.3) is 0 Å². The van der Waals surface area contributed by atoms with E-state index in [1.165, 1.54) is 11.1 Å². The van der Waals surface area contributed by atoms with Gasteiger partial charge in [-0.2, -0.15) is 5.10 Å². The molecule has 28 heavy (non-hydrogen) atoms. The third-order valence-electron chi connectivity index (χ3n) is 4.85. The topological polar surface area (TPSA) is 79.6 Å². The van der Waals surface area contributed by atoms with Gasteiger partial charge in [0, 0.05) is 33.7 Å². The fourth-order valence-corrected chi connectivity index (χ4v) is 3.19. The lowest BCUT2D eigenvalue weighted by atomic mass is 10.0. The maximum Gasteiger partial charge on any atom is 0.191 e. The minimum atomic E-state index is 0. The largest absolute Gasteiger partial charge is 0.379 e. The van der Waals surface area contributed by atoms with E-state index >= 15 is 0 Å². The van der Waals surface area contributed by atoms with Gasteiger partial charge in [-0.05, 0) is 12.5 Å². The van der Waals surface area contributed by atoms with Gasteiger partial charge in [-0.3, -0.25) is 14.6 Å². The Kier molecular flexibility index (Phi) is 9.13. The molecule has 3 rings (SSSR count). The summed E-state index contributed by atoms with van der Waals surface area (Å²) < 4.78 is 7.28. The molecule has 0 amide bonds. The molecule has 1 saturated heterocycles. The molecule has 1 aromatic heterocycles. The van der Waals surface area contributed by atoms with Crippen molar-refractivity contribution in [2.45, 2.75) is 19.5 Å². The number of rotatable bonds is 6. The monoisotopic (exact) mass is 499 g/mol. The molecule has 1 aromatic carbocycles. The first-order valence-corrected chi connectivity index (χ1v) is 9.33. The highest BCUT2D eigenvalue weighted by Gasteiger charge is 2.22. The summed E-state index contributed by atoms with van der Waals surface area (Å²) in [6, 6.07) is 9.04. The number of aliphatic imine (C=N–C) groups is 1. The van der Waals surface area contributed by atoms with E-state index in [1.54, 1.807) is 18.1 Å². The molecule has 2 N–H and O–H groups in total. The minimum Gasteiger partial charge on any atom is -0.379 e.